The fraction of sp³-hybridized carbons (Fsp3) is 0.444. The van der Waals surface area contributed by atoms with Crippen LogP contribution in [0.15, 0.2) is 24.5 Å². The van der Waals surface area contributed by atoms with Crippen molar-refractivity contribution in [3.8, 4) is 5.88 Å². The second-order valence-electron chi connectivity index (χ2n) is 6.97. The van der Waals surface area contributed by atoms with Crippen molar-refractivity contribution >= 4 is 21.9 Å². The van der Waals surface area contributed by atoms with Gasteiger partial charge in [0.25, 0.3) is 0 Å². The molecule has 138 valence electrons. The summed E-state index contributed by atoms with van der Waals surface area (Å²) >= 11 is 0. The molecular formula is C18H19F3N4O. The smallest absolute Gasteiger partial charge is 0.406 e. The summed E-state index contributed by atoms with van der Waals surface area (Å²) < 4.78 is 40.3. The molecule has 1 N–H and O–H groups in total. The van der Waals surface area contributed by atoms with Gasteiger partial charge in [0.2, 0.25) is 5.88 Å². The molecule has 1 aromatic carbocycles. The summed E-state index contributed by atoms with van der Waals surface area (Å²) in [6, 6.07) is 5.51. The Kier molecular flexibility index (Phi) is 4.02. The third-order valence-corrected chi connectivity index (χ3v) is 5.07. The highest BCUT2D eigenvalue weighted by molar-refractivity contribution is 6.07. The minimum Gasteiger partial charge on any atom is -0.492 e. The van der Waals surface area contributed by atoms with Crippen LogP contribution in [0.4, 0.5) is 13.2 Å². The van der Waals surface area contributed by atoms with Crippen LogP contribution in [0.5, 0.6) is 5.88 Å². The second kappa shape index (κ2) is 6.12. The predicted molar refractivity (Wildman–Crippen MR) is 92.2 cm³/mol. The number of fused-ring (bicyclic) bond motifs is 3. The number of piperidine rings is 1. The lowest BCUT2D eigenvalue weighted by molar-refractivity contribution is -0.139. The van der Waals surface area contributed by atoms with E-state index in [2.05, 4.69) is 21.9 Å². The number of likely N-dealkylation sites (tertiary alicyclic amines) is 1. The maximum Gasteiger partial charge on any atom is 0.406 e. The van der Waals surface area contributed by atoms with Crippen LogP contribution in [0.25, 0.3) is 21.9 Å². The third-order valence-electron chi connectivity index (χ3n) is 5.07. The lowest BCUT2D eigenvalue weighted by atomic mass is 9.90. The molecule has 2 aromatic heterocycles. The Morgan fingerprint density at radius 3 is 2.81 bits per heavy atom. The number of rotatable bonds is 2. The Labute approximate surface area is 148 Å². The fourth-order valence-corrected chi connectivity index (χ4v) is 3.95. The van der Waals surface area contributed by atoms with E-state index in [1.165, 1.54) is 6.33 Å². The summed E-state index contributed by atoms with van der Waals surface area (Å²) in [6.07, 6.45) is -1.09. The highest BCUT2D eigenvalue weighted by atomic mass is 19.4. The molecule has 0 bridgehead atoms. The molecule has 3 aromatic rings. The van der Waals surface area contributed by atoms with E-state index < -0.39 is 18.6 Å². The number of benzene rings is 1. The van der Waals surface area contributed by atoms with E-state index in [9.17, 15) is 18.3 Å². The Bertz CT molecular complexity index is 966. The molecule has 0 amide bonds. The molecule has 8 heteroatoms. The second-order valence-corrected chi connectivity index (χ2v) is 6.97. The number of aromatic nitrogens is 3. The van der Waals surface area contributed by atoms with Crippen LogP contribution in [0.1, 0.15) is 24.3 Å². The monoisotopic (exact) mass is 364 g/mol. The largest absolute Gasteiger partial charge is 0.492 e. The fourth-order valence-electron chi connectivity index (χ4n) is 3.95. The molecule has 0 spiro atoms. The Balaban J connectivity index is 1.90. The van der Waals surface area contributed by atoms with Crippen molar-refractivity contribution < 1.29 is 18.3 Å². The van der Waals surface area contributed by atoms with Crippen LogP contribution in [0.2, 0.25) is 0 Å². The van der Waals surface area contributed by atoms with Gasteiger partial charge in [-0.25, -0.2) is 9.97 Å². The molecule has 1 aliphatic rings. The predicted octanol–water partition coefficient (Wildman–Crippen LogP) is 3.66. The topological polar surface area (TPSA) is 54.2 Å². The summed E-state index contributed by atoms with van der Waals surface area (Å²) in [4.78, 5) is 10.1. The number of hydrogen-bond acceptors (Lipinski definition) is 4. The average molecular weight is 364 g/mol. The molecular weight excluding hydrogens is 345 g/mol. The highest BCUT2D eigenvalue weighted by Gasteiger charge is 2.31. The van der Waals surface area contributed by atoms with Crippen LogP contribution >= 0.6 is 0 Å². The first-order valence-electron chi connectivity index (χ1n) is 8.54. The van der Waals surface area contributed by atoms with Gasteiger partial charge in [-0.05, 0) is 50.0 Å². The molecule has 1 unspecified atom stereocenters. The van der Waals surface area contributed by atoms with Gasteiger partial charge in [0.15, 0.2) is 0 Å². The number of alkyl halides is 3. The zero-order chi connectivity index (χ0) is 18.5. The lowest BCUT2D eigenvalue weighted by Gasteiger charge is -2.30. The van der Waals surface area contributed by atoms with Gasteiger partial charge in [-0.15, -0.1) is 0 Å². The van der Waals surface area contributed by atoms with Crippen molar-refractivity contribution in [1.29, 1.82) is 0 Å². The van der Waals surface area contributed by atoms with E-state index in [4.69, 9.17) is 0 Å². The Morgan fingerprint density at radius 2 is 2.08 bits per heavy atom. The van der Waals surface area contributed by atoms with Gasteiger partial charge in [0.05, 0.1) is 5.52 Å². The zero-order valence-corrected chi connectivity index (χ0v) is 14.3. The van der Waals surface area contributed by atoms with E-state index in [-0.39, 0.29) is 5.52 Å². The van der Waals surface area contributed by atoms with Crippen molar-refractivity contribution in [3.05, 3.63) is 30.1 Å². The molecule has 3 heterocycles. The summed E-state index contributed by atoms with van der Waals surface area (Å²) in [5.74, 6) is -0.0935. The molecule has 1 saturated heterocycles. The molecule has 0 aliphatic carbocycles. The first-order chi connectivity index (χ1) is 12.3. The standard InChI is InChI=1S/C18H19F3N4O/c1-24-6-2-3-12(8-24)11-4-5-14-13(7-11)15-16(17(26)23-10-22-15)25(14)9-18(19,20)21/h4-5,7,10,12H,2-3,6,8-9H2,1H3,(H,22,23,26). The van der Waals surface area contributed by atoms with Crippen LogP contribution in [0.3, 0.4) is 0 Å². The lowest BCUT2D eigenvalue weighted by Crippen LogP contribution is -2.30. The molecule has 0 saturated carbocycles. The van der Waals surface area contributed by atoms with Gasteiger partial charge >= 0.3 is 6.18 Å². The molecule has 1 fully saturated rings. The number of nitrogens with zero attached hydrogens (tertiary/aromatic N) is 4. The van der Waals surface area contributed by atoms with E-state index in [0.29, 0.717) is 22.3 Å². The van der Waals surface area contributed by atoms with Crippen molar-refractivity contribution in [3.63, 3.8) is 0 Å². The summed E-state index contributed by atoms with van der Waals surface area (Å²) in [5.41, 5.74) is 1.87. The number of likely N-dealkylation sites (N-methyl/N-ethyl adjacent to an activating group) is 1. The molecule has 1 aliphatic heterocycles. The summed E-state index contributed by atoms with van der Waals surface area (Å²) in [5, 5.41) is 10.7. The minimum atomic E-state index is -4.41. The maximum atomic E-state index is 13.1. The van der Waals surface area contributed by atoms with Crippen LogP contribution in [-0.2, 0) is 6.54 Å². The van der Waals surface area contributed by atoms with Crippen LogP contribution in [-0.4, -0.2) is 50.9 Å². The molecule has 5 nitrogen and oxygen atoms in total. The molecule has 4 rings (SSSR count). The van der Waals surface area contributed by atoms with Crippen molar-refractivity contribution in [2.24, 2.45) is 0 Å². The van der Waals surface area contributed by atoms with Crippen LogP contribution < -0.4 is 0 Å². The average Bonchev–Trinajstić information content (AvgIpc) is 2.88. The number of halogens is 3. The van der Waals surface area contributed by atoms with Crippen molar-refractivity contribution in [2.75, 3.05) is 20.1 Å². The number of hydrogen-bond donors (Lipinski definition) is 1. The Morgan fingerprint density at radius 1 is 1.27 bits per heavy atom. The minimum absolute atomic E-state index is 0.0257. The first-order valence-corrected chi connectivity index (χ1v) is 8.54. The maximum absolute atomic E-state index is 13.1. The van der Waals surface area contributed by atoms with E-state index >= 15 is 0 Å². The van der Waals surface area contributed by atoms with Gasteiger partial charge in [-0.3, -0.25) is 0 Å². The summed E-state index contributed by atoms with van der Waals surface area (Å²) in [6.45, 7) is 0.789. The normalized spacial score (nSPS) is 19.5. The Hall–Kier alpha value is -2.35. The SMILES string of the molecule is CN1CCCC(c2ccc3c(c2)c2ncnc(O)c2n3CC(F)(F)F)C1. The summed E-state index contributed by atoms with van der Waals surface area (Å²) in [7, 11) is 2.07. The first kappa shape index (κ1) is 17.1. The van der Waals surface area contributed by atoms with E-state index in [1.54, 1.807) is 6.07 Å². The van der Waals surface area contributed by atoms with Crippen molar-refractivity contribution in [1.82, 2.24) is 19.4 Å². The van der Waals surface area contributed by atoms with Crippen molar-refractivity contribution in [2.45, 2.75) is 31.5 Å². The van der Waals surface area contributed by atoms with Gasteiger partial charge in [0.1, 0.15) is 23.9 Å². The van der Waals surface area contributed by atoms with E-state index in [0.717, 1.165) is 36.1 Å². The van der Waals surface area contributed by atoms with E-state index in [1.807, 2.05) is 12.1 Å². The number of aromatic hydroxyl groups is 1. The third kappa shape index (κ3) is 2.98. The highest BCUT2D eigenvalue weighted by Crippen LogP contribution is 2.36. The molecule has 26 heavy (non-hydrogen) atoms. The van der Waals surface area contributed by atoms with Gasteiger partial charge in [0, 0.05) is 11.9 Å². The quantitative estimate of drug-likeness (QED) is 0.754. The van der Waals surface area contributed by atoms with Gasteiger partial charge < -0.3 is 14.6 Å². The molecule has 0 radical (unpaired) electrons. The van der Waals surface area contributed by atoms with Crippen LogP contribution in [0, 0.1) is 0 Å². The van der Waals surface area contributed by atoms with Gasteiger partial charge in [-0.2, -0.15) is 13.2 Å². The van der Waals surface area contributed by atoms with Gasteiger partial charge in [-0.1, -0.05) is 6.07 Å². The molecule has 1 atom stereocenters. The zero-order valence-electron chi connectivity index (χ0n) is 14.3.